The molecule has 0 rings (SSSR count). The minimum Gasteiger partial charge on any atom is -0.389 e. The molecule has 8 heteroatoms. The Morgan fingerprint density at radius 2 is 1.12 bits per heavy atom. The highest BCUT2D eigenvalue weighted by Gasteiger charge is 2.14. The summed E-state index contributed by atoms with van der Waals surface area (Å²) in [4.78, 5) is 0. The zero-order chi connectivity index (χ0) is 10.8. The number of aliphatic hydroxyl groups excluding tert-OH is 2. The molecule has 4 N–H and O–H groups in total. The van der Waals surface area contributed by atoms with Crippen LogP contribution in [0.5, 0.6) is 0 Å². The third-order valence-corrected chi connectivity index (χ3v) is 2.07. The quantitative estimate of drug-likeness (QED) is 0.363. The number of nitrogens with one attached hydrogen (secondary N) is 2. The molecule has 4 nitrogen and oxygen atoms in total. The van der Waals surface area contributed by atoms with Crippen LogP contribution in [0, 0.1) is 0 Å². The molecule has 0 spiro atoms. The molecule has 0 aromatic rings. The normalized spacial score (nSPS) is 13.5. The summed E-state index contributed by atoms with van der Waals surface area (Å²) in [6.07, 6.45) is -1.55. The van der Waals surface area contributed by atoms with Crippen molar-refractivity contribution >= 4 is 48.0 Å². The lowest BCUT2D eigenvalue weighted by atomic mass is 10.2. The van der Waals surface area contributed by atoms with Crippen LogP contribution < -0.4 is 10.6 Å². The molecule has 0 aliphatic heterocycles. The van der Waals surface area contributed by atoms with E-state index < -0.39 is 12.2 Å². The van der Waals surface area contributed by atoms with Crippen molar-refractivity contribution in [2.75, 3.05) is 37.9 Å². The molecule has 0 aliphatic carbocycles. The van der Waals surface area contributed by atoms with Gasteiger partial charge in [0.2, 0.25) is 0 Å². The summed E-state index contributed by atoms with van der Waals surface area (Å²) in [5.41, 5.74) is 0. The first-order chi connectivity index (χ1) is 6.72. The van der Waals surface area contributed by atoms with Crippen molar-refractivity contribution in [1.82, 2.24) is 10.6 Å². The van der Waals surface area contributed by atoms with Gasteiger partial charge in [0.05, 0.1) is 12.2 Å². The van der Waals surface area contributed by atoms with E-state index in [0.717, 1.165) is 0 Å². The Bertz CT molecular complexity index is 121. The van der Waals surface area contributed by atoms with Crippen molar-refractivity contribution in [3.8, 4) is 0 Å². The number of halogens is 4. The zero-order valence-corrected chi connectivity index (χ0v) is 12.0. The maximum atomic E-state index is 9.42. The molecule has 0 radical (unpaired) electrons. The number of hydrogen-bond acceptors (Lipinski definition) is 4. The fraction of sp³-hybridized carbons (Fsp3) is 1.00. The van der Waals surface area contributed by atoms with E-state index in [2.05, 4.69) is 10.6 Å². The molecular weight excluding hydrogens is 298 g/mol. The van der Waals surface area contributed by atoms with Gasteiger partial charge >= 0.3 is 0 Å². The summed E-state index contributed by atoms with van der Waals surface area (Å²) in [5, 5.41) is 24.7. The maximum Gasteiger partial charge on any atom is 0.0935 e. The van der Waals surface area contributed by atoms with E-state index in [1.165, 1.54) is 0 Å². The lowest BCUT2D eigenvalue weighted by molar-refractivity contribution is 0.0216. The van der Waals surface area contributed by atoms with Gasteiger partial charge in [0.15, 0.2) is 0 Å². The van der Waals surface area contributed by atoms with E-state index in [1.807, 2.05) is 0 Å². The van der Waals surface area contributed by atoms with Gasteiger partial charge in [0.25, 0.3) is 0 Å². The second-order valence-corrected chi connectivity index (χ2v) is 3.68. The van der Waals surface area contributed by atoms with E-state index in [-0.39, 0.29) is 24.8 Å². The Hall–Kier alpha value is 1.000. The van der Waals surface area contributed by atoms with Crippen LogP contribution in [-0.2, 0) is 0 Å². The summed E-state index contributed by atoms with van der Waals surface area (Å²) >= 11 is 10.9. The predicted octanol–water partition coefficient (Wildman–Crippen LogP) is 0.209. The predicted molar refractivity (Wildman–Crippen MR) is 73.7 cm³/mol. The van der Waals surface area contributed by atoms with Crippen LogP contribution in [0.1, 0.15) is 0 Å². The Balaban J connectivity index is -0.000000845. The van der Waals surface area contributed by atoms with Crippen LogP contribution in [0.2, 0.25) is 0 Å². The molecule has 0 bridgehead atoms. The van der Waals surface area contributed by atoms with Crippen molar-refractivity contribution in [3.05, 3.63) is 0 Å². The highest BCUT2D eigenvalue weighted by Crippen LogP contribution is 1.90. The highest BCUT2D eigenvalue weighted by atomic mass is 35.5. The molecule has 102 valence electrons. The molecule has 16 heavy (non-hydrogen) atoms. The Morgan fingerprint density at radius 1 is 0.812 bits per heavy atom. The average molecular weight is 318 g/mol. The first-order valence-corrected chi connectivity index (χ1v) is 5.68. The molecule has 0 aromatic carbocycles. The van der Waals surface area contributed by atoms with Crippen LogP contribution in [0.3, 0.4) is 0 Å². The summed E-state index contributed by atoms with van der Waals surface area (Å²) in [7, 11) is 0. The average Bonchev–Trinajstić information content (AvgIpc) is 2.18. The van der Waals surface area contributed by atoms with Crippen LogP contribution in [0.15, 0.2) is 0 Å². The van der Waals surface area contributed by atoms with Gasteiger partial charge in [-0.25, -0.2) is 0 Å². The number of rotatable bonds is 9. The molecular formula is C8H20Cl4N2O2. The van der Waals surface area contributed by atoms with E-state index in [4.69, 9.17) is 23.2 Å². The van der Waals surface area contributed by atoms with Gasteiger partial charge in [0.1, 0.15) is 0 Å². The highest BCUT2D eigenvalue weighted by molar-refractivity contribution is 6.18. The smallest absolute Gasteiger partial charge is 0.0935 e. The molecule has 0 aliphatic rings. The minimum absolute atomic E-state index is 0. The second-order valence-electron chi connectivity index (χ2n) is 2.92. The zero-order valence-electron chi connectivity index (χ0n) is 8.86. The topological polar surface area (TPSA) is 64.5 Å². The maximum absolute atomic E-state index is 9.42. The number of hydrogen-bond donors (Lipinski definition) is 4. The third-order valence-electron chi connectivity index (χ3n) is 1.69. The van der Waals surface area contributed by atoms with E-state index in [9.17, 15) is 10.2 Å². The third kappa shape index (κ3) is 13.1. The van der Waals surface area contributed by atoms with Gasteiger partial charge in [-0.1, -0.05) is 0 Å². The number of aliphatic hydroxyl groups is 2. The van der Waals surface area contributed by atoms with Crippen molar-refractivity contribution in [1.29, 1.82) is 0 Å². The molecule has 0 amide bonds. The molecule has 0 saturated carbocycles. The van der Waals surface area contributed by atoms with Crippen molar-refractivity contribution in [2.24, 2.45) is 0 Å². The Morgan fingerprint density at radius 3 is 1.38 bits per heavy atom. The van der Waals surface area contributed by atoms with Crippen molar-refractivity contribution < 1.29 is 10.2 Å². The second kappa shape index (κ2) is 16.0. The Kier molecular flexibility index (Phi) is 22.2. The molecule has 2 atom stereocenters. The van der Waals surface area contributed by atoms with Crippen LogP contribution in [0.4, 0.5) is 0 Å². The van der Waals surface area contributed by atoms with Crippen molar-refractivity contribution in [2.45, 2.75) is 12.2 Å². The summed E-state index contributed by atoms with van der Waals surface area (Å²) in [6.45, 7) is 1.94. The van der Waals surface area contributed by atoms with Crippen LogP contribution >= 0.6 is 48.0 Å². The minimum atomic E-state index is -0.777. The Labute approximate surface area is 119 Å². The molecule has 0 heterocycles. The molecule has 0 fully saturated rings. The van der Waals surface area contributed by atoms with Gasteiger partial charge in [-0.05, 0) is 0 Å². The SMILES string of the molecule is Cl.Cl.O[C@@H](CNCCCl)[C@@H](O)CNCCCl. The summed E-state index contributed by atoms with van der Waals surface area (Å²) in [5.74, 6) is 0.987. The van der Waals surface area contributed by atoms with E-state index in [0.29, 0.717) is 37.9 Å². The fourth-order valence-corrected chi connectivity index (χ4v) is 1.17. The standard InChI is InChI=1S/C8H18Cl2N2O2.2ClH/c9-1-3-11-5-7(13)8(14)6-12-4-2-10;;/h7-8,11-14H,1-6H2;2*1H/t7-,8-;;/m0../s1. The molecule has 0 aromatic heterocycles. The summed E-state index contributed by atoms with van der Waals surface area (Å²) in [6, 6.07) is 0. The van der Waals surface area contributed by atoms with E-state index >= 15 is 0 Å². The van der Waals surface area contributed by atoms with Crippen LogP contribution in [-0.4, -0.2) is 60.4 Å². The van der Waals surface area contributed by atoms with Gasteiger partial charge in [-0.2, -0.15) is 0 Å². The molecule has 0 unspecified atom stereocenters. The van der Waals surface area contributed by atoms with Gasteiger partial charge in [0, 0.05) is 37.9 Å². The van der Waals surface area contributed by atoms with Crippen LogP contribution in [0.25, 0.3) is 0 Å². The molecule has 0 saturated heterocycles. The summed E-state index contributed by atoms with van der Waals surface area (Å²) < 4.78 is 0. The van der Waals surface area contributed by atoms with Gasteiger partial charge in [-0.15, -0.1) is 48.0 Å². The lowest BCUT2D eigenvalue weighted by Crippen LogP contribution is -2.42. The fourth-order valence-electron chi connectivity index (χ4n) is 0.906. The lowest BCUT2D eigenvalue weighted by Gasteiger charge is -2.18. The van der Waals surface area contributed by atoms with Gasteiger partial charge < -0.3 is 20.8 Å². The first-order valence-electron chi connectivity index (χ1n) is 4.61. The van der Waals surface area contributed by atoms with Gasteiger partial charge in [-0.3, -0.25) is 0 Å². The number of alkyl halides is 2. The van der Waals surface area contributed by atoms with Crippen molar-refractivity contribution in [3.63, 3.8) is 0 Å². The largest absolute Gasteiger partial charge is 0.389 e. The monoisotopic (exact) mass is 316 g/mol. The first kappa shape index (κ1) is 22.2. The van der Waals surface area contributed by atoms with E-state index in [1.54, 1.807) is 0 Å².